The number of phenols is 1. The first-order valence-corrected chi connectivity index (χ1v) is 16.5. The van der Waals surface area contributed by atoms with Gasteiger partial charge in [-0.15, -0.1) is 0 Å². The number of rotatable bonds is 3. The van der Waals surface area contributed by atoms with Crippen molar-refractivity contribution in [1.29, 1.82) is 0 Å². The van der Waals surface area contributed by atoms with Gasteiger partial charge in [0.2, 0.25) is 0 Å². The summed E-state index contributed by atoms with van der Waals surface area (Å²) in [6.45, 7) is 20.7. The maximum Gasteiger partial charge on any atom is 0.338 e. The number of carbonyl (C=O) groups excluding carboxylic acids is 1. The Morgan fingerprint density at radius 1 is 0.929 bits per heavy atom. The summed E-state index contributed by atoms with van der Waals surface area (Å²) in [5, 5.41) is 33.3. The Balaban J connectivity index is 1.50. The van der Waals surface area contributed by atoms with Gasteiger partial charge in [0, 0.05) is 11.3 Å². The molecule has 0 bridgehead atoms. The summed E-state index contributed by atoms with van der Waals surface area (Å²) < 4.78 is 6.68. The van der Waals surface area contributed by atoms with E-state index < -0.39 is 6.10 Å². The molecule has 0 aliphatic heterocycles. The number of aliphatic hydroxyl groups excluding tert-OH is 2. The lowest BCUT2D eigenvalue weighted by Crippen LogP contribution is -2.73. The highest BCUT2D eigenvalue weighted by Crippen LogP contribution is 2.77. The van der Waals surface area contributed by atoms with Crippen molar-refractivity contribution < 1.29 is 24.9 Å². The van der Waals surface area contributed by atoms with E-state index >= 15 is 0 Å². The van der Waals surface area contributed by atoms with Crippen LogP contribution in [0.3, 0.4) is 0 Å². The Morgan fingerprint density at radius 3 is 2.24 bits per heavy atom. The van der Waals surface area contributed by atoms with Crippen LogP contribution in [0.4, 0.5) is 0 Å². The van der Waals surface area contributed by atoms with Gasteiger partial charge in [-0.2, -0.15) is 0 Å². The van der Waals surface area contributed by atoms with Crippen LogP contribution in [0.5, 0.6) is 5.75 Å². The first-order chi connectivity index (χ1) is 19.5. The van der Waals surface area contributed by atoms with E-state index in [9.17, 15) is 20.1 Å². The highest BCUT2D eigenvalue weighted by molar-refractivity contribution is 5.89. The van der Waals surface area contributed by atoms with Crippen molar-refractivity contribution in [2.75, 3.05) is 0 Å². The second-order valence-electron chi connectivity index (χ2n) is 16.9. The molecule has 0 radical (unpaired) electrons. The van der Waals surface area contributed by atoms with Crippen LogP contribution in [0.1, 0.15) is 110 Å². The average Bonchev–Trinajstić information content (AvgIpc) is 3.25. The van der Waals surface area contributed by atoms with Crippen molar-refractivity contribution in [2.45, 2.75) is 118 Å². The summed E-state index contributed by atoms with van der Waals surface area (Å²) in [5.74, 6) is 1.15. The van der Waals surface area contributed by atoms with Crippen LogP contribution in [0.15, 0.2) is 36.4 Å². The minimum atomic E-state index is -0.420. The molecule has 1 aromatic rings. The van der Waals surface area contributed by atoms with Crippen molar-refractivity contribution in [2.24, 2.45) is 56.7 Å². The molecule has 6 rings (SSSR count). The van der Waals surface area contributed by atoms with Crippen LogP contribution < -0.4 is 0 Å². The van der Waals surface area contributed by atoms with Crippen LogP contribution in [0.25, 0.3) is 0 Å². The molecule has 5 saturated carbocycles. The Kier molecular flexibility index (Phi) is 6.88. The van der Waals surface area contributed by atoms with Crippen molar-refractivity contribution >= 4 is 5.97 Å². The van der Waals surface area contributed by atoms with E-state index in [0.29, 0.717) is 23.3 Å². The molecule has 5 nitrogen and oxygen atoms in total. The highest BCUT2D eigenvalue weighted by Gasteiger charge is 2.75. The summed E-state index contributed by atoms with van der Waals surface area (Å²) in [7, 11) is 0. The minimum absolute atomic E-state index is 0.0416. The van der Waals surface area contributed by atoms with Crippen LogP contribution >= 0.6 is 0 Å². The number of benzene rings is 1. The lowest BCUT2D eigenvalue weighted by molar-refractivity contribution is -0.298. The van der Waals surface area contributed by atoms with E-state index in [-0.39, 0.29) is 62.8 Å². The smallest absolute Gasteiger partial charge is 0.338 e. The number of fused-ring (bicyclic) bond motifs is 7. The van der Waals surface area contributed by atoms with Crippen LogP contribution in [0, 0.1) is 56.7 Å². The van der Waals surface area contributed by atoms with E-state index in [2.05, 4.69) is 55.0 Å². The number of hydrogen-bond donors (Lipinski definition) is 3. The van der Waals surface area contributed by atoms with Gasteiger partial charge in [0.15, 0.2) is 0 Å². The summed E-state index contributed by atoms with van der Waals surface area (Å²) >= 11 is 0. The molecule has 0 spiro atoms. The topological polar surface area (TPSA) is 87.0 Å². The lowest BCUT2D eigenvalue weighted by atomic mass is 9.31. The summed E-state index contributed by atoms with van der Waals surface area (Å²) in [6.07, 6.45) is 6.30. The predicted octanol–water partition coefficient (Wildman–Crippen LogP) is 7.54. The van der Waals surface area contributed by atoms with E-state index in [0.717, 1.165) is 51.4 Å². The molecule has 0 aromatic heterocycles. The molecular formula is C37H54O5. The summed E-state index contributed by atoms with van der Waals surface area (Å²) in [6, 6.07) is 6.37. The van der Waals surface area contributed by atoms with Crippen molar-refractivity contribution in [3.63, 3.8) is 0 Å². The Labute approximate surface area is 253 Å². The normalized spacial score (nSPS) is 49.2. The SMILES string of the molecule is C=C(C)[C@@H]1CC[C@]2(C)C[C@@H](O)[C@]3(C)C(C[C@@H](OC(=O)c4ccc(O)cc4)C4[C@@]5(C)CC[C@H](O)C(C)(C)C5CC[C@]43C)C12. The summed E-state index contributed by atoms with van der Waals surface area (Å²) in [4.78, 5) is 13.8. The van der Waals surface area contributed by atoms with E-state index in [1.54, 1.807) is 24.3 Å². The van der Waals surface area contributed by atoms with Crippen molar-refractivity contribution in [3.05, 3.63) is 42.0 Å². The van der Waals surface area contributed by atoms with Gasteiger partial charge in [-0.25, -0.2) is 4.79 Å². The zero-order chi connectivity index (χ0) is 30.6. The third kappa shape index (κ3) is 3.90. The van der Waals surface area contributed by atoms with Gasteiger partial charge < -0.3 is 20.1 Å². The van der Waals surface area contributed by atoms with Gasteiger partial charge in [-0.3, -0.25) is 0 Å². The molecule has 5 heteroatoms. The zero-order valence-electron chi connectivity index (χ0n) is 27.0. The fourth-order valence-corrected chi connectivity index (χ4v) is 12.6. The number of aromatic hydroxyl groups is 1. The second-order valence-corrected chi connectivity index (χ2v) is 16.9. The average molecular weight is 579 g/mol. The van der Waals surface area contributed by atoms with Gasteiger partial charge in [0.05, 0.1) is 17.8 Å². The molecule has 5 aliphatic rings. The maximum atomic E-state index is 13.8. The first kappa shape index (κ1) is 30.2. The van der Waals surface area contributed by atoms with Gasteiger partial charge in [-0.1, -0.05) is 53.7 Å². The molecule has 0 amide bonds. The highest BCUT2D eigenvalue weighted by atomic mass is 16.5. The predicted molar refractivity (Wildman–Crippen MR) is 165 cm³/mol. The van der Waals surface area contributed by atoms with Gasteiger partial charge >= 0.3 is 5.97 Å². The fraction of sp³-hybridized carbons (Fsp3) is 0.757. The molecule has 12 atom stereocenters. The molecule has 232 valence electrons. The zero-order valence-corrected chi connectivity index (χ0v) is 27.0. The van der Waals surface area contributed by atoms with Crippen LogP contribution in [-0.2, 0) is 4.74 Å². The van der Waals surface area contributed by atoms with E-state index in [4.69, 9.17) is 4.74 Å². The molecule has 3 N–H and O–H groups in total. The van der Waals surface area contributed by atoms with Crippen LogP contribution in [0.2, 0.25) is 0 Å². The van der Waals surface area contributed by atoms with Gasteiger partial charge in [0.25, 0.3) is 0 Å². The number of aliphatic hydroxyl groups is 2. The number of ether oxygens (including phenoxy) is 1. The molecule has 1 aromatic carbocycles. The molecule has 4 unspecified atom stereocenters. The number of allylic oxidation sites excluding steroid dienone is 1. The quantitative estimate of drug-likeness (QED) is 0.255. The molecule has 5 fully saturated rings. The minimum Gasteiger partial charge on any atom is -0.508 e. The van der Waals surface area contributed by atoms with E-state index in [1.807, 2.05) is 0 Å². The largest absolute Gasteiger partial charge is 0.508 e. The number of carbonyl (C=O) groups is 1. The summed E-state index contributed by atoms with van der Waals surface area (Å²) in [5.41, 5.74) is 0.781. The van der Waals surface area contributed by atoms with Crippen molar-refractivity contribution in [1.82, 2.24) is 0 Å². The molecule has 0 heterocycles. The lowest BCUT2D eigenvalue weighted by Gasteiger charge is -2.74. The number of hydrogen-bond acceptors (Lipinski definition) is 5. The number of esters is 1. The monoisotopic (exact) mass is 578 g/mol. The second kappa shape index (κ2) is 9.57. The Hall–Kier alpha value is -1.85. The fourth-order valence-electron chi connectivity index (χ4n) is 12.6. The van der Waals surface area contributed by atoms with E-state index in [1.165, 1.54) is 5.57 Å². The molecule has 5 aliphatic carbocycles. The third-order valence-corrected chi connectivity index (χ3v) is 14.8. The third-order valence-electron chi connectivity index (χ3n) is 14.8. The maximum absolute atomic E-state index is 13.8. The molecule has 0 saturated heterocycles. The first-order valence-electron chi connectivity index (χ1n) is 16.5. The Morgan fingerprint density at radius 2 is 1.60 bits per heavy atom. The number of phenolic OH excluding ortho intramolecular Hbond substituents is 1. The standard InChI is InChI=1S/C37H54O5/c1-21(2)24-13-16-34(5)20-29(40)37(8)25(30(24)34)19-26(42-32(41)22-9-11-23(38)12-10-22)31-35(6)17-15-28(39)33(3,4)27(35)14-18-36(31,37)7/h9-12,24-31,38-40H,1,13-20H2,2-8H3/t24-,25?,26+,27?,28-,29+,30?,31?,34+,35-,36+,37-/m0/s1. The van der Waals surface area contributed by atoms with Crippen molar-refractivity contribution in [3.8, 4) is 5.75 Å². The molecular weight excluding hydrogens is 524 g/mol. The van der Waals surface area contributed by atoms with Gasteiger partial charge in [-0.05, 0) is 128 Å². The van der Waals surface area contributed by atoms with Crippen LogP contribution in [-0.4, -0.2) is 39.6 Å². The van der Waals surface area contributed by atoms with Gasteiger partial charge in [0.1, 0.15) is 11.9 Å². The molecule has 42 heavy (non-hydrogen) atoms. The Bertz CT molecular complexity index is 1250.